The number of anilines is 1. The van der Waals surface area contributed by atoms with Crippen LogP contribution in [0.1, 0.15) is 17.8 Å². The lowest BCUT2D eigenvalue weighted by Crippen LogP contribution is -2.30. The van der Waals surface area contributed by atoms with Crippen LogP contribution in [-0.4, -0.2) is 48.5 Å². The number of hydrogen-bond acceptors (Lipinski definition) is 7. The molecule has 9 nitrogen and oxygen atoms in total. The zero-order chi connectivity index (χ0) is 19.1. The zero-order valence-electron chi connectivity index (χ0n) is 15.1. The lowest BCUT2D eigenvalue weighted by Gasteiger charge is -2.07. The number of carbonyl (C=O) groups is 1. The zero-order valence-corrected chi connectivity index (χ0v) is 15.9. The molecule has 0 radical (unpaired) electrons. The van der Waals surface area contributed by atoms with Gasteiger partial charge in [0.25, 0.3) is 0 Å². The topological polar surface area (TPSA) is 111 Å². The standard InChI is InChI=1S/C17H20N8OS/c1-12-11-13(2)20-15(19-12)21-16(26)18-9-6-10-27-17-22-23-24-25(17)14-7-4-3-5-8-14/h3-5,7-8,11H,6,9-10H2,1-2H3,(H2,18,19,20,21,26). The molecule has 3 rings (SSSR count). The minimum absolute atomic E-state index is 0.307. The molecule has 27 heavy (non-hydrogen) atoms. The molecule has 10 heteroatoms. The Morgan fingerprint density at radius 1 is 1.15 bits per heavy atom. The summed E-state index contributed by atoms with van der Waals surface area (Å²) in [7, 11) is 0. The summed E-state index contributed by atoms with van der Waals surface area (Å²) in [6.07, 6.45) is 0.771. The van der Waals surface area contributed by atoms with Crippen molar-refractivity contribution in [2.45, 2.75) is 25.4 Å². The van der Waals surface area contributed by atoms with Crippen LogP contribution in [0.25, 0.3) is 5.69 Å². The van der Waals surface area contributed by atoms with E-state index in [4.69, 9.17) is 0 Å². The van der Waals surface area contributed by atoms with Crippen LogP contribution in [0.5, 0.6) is 0 Å². The van der Waals surface area contributed by atoms with Gasteiger partial charge >= 0.3 is 6.03 Å². The fourth-order valence-corrected chi connectivity index (χ4v) is 3.19. The van der Waals surface area contributed by atoms with Crippen molar-refractivity contribution in [3.8, 4) is 5.69 Å². The van der Waals surface area contributed by atoms with Crippen LogP contribution in [0, 0.1) is 13.8 Å². The average molecular weight is 384 g/mol. The number of thioether (sulfide) groups is 1. The van der Waals surface area contributed by atoms with Crippen molar-refractivity contribution in [3.05, 3.63) is 47.8 Å². The maximum atomic E-state index is 11.9. The maximum Gasteiger partial charge on any atom is 0.321 e. The van der Waals surface area contributed by atoms with Gasteiger partial charge in [-0.25, -0.2) is 14.8 Å². The second-order valence-electron chi connectivity index (χ2n) is 5.77. The van der Waals surface area contributed by atoms with E-state index < -0.39 is 0 Å². The molecule has 2 N–H and O–H groups in total. The highest BCUT2D eigenvalue weighted by Gasteiger charge is 2.09. The molecular weight excluding hydrogens is 364 g/mol. The number of carbonyl (C=O) groups excluding carboxylic acids is 1. The van der Waals surface area contributed by atoms with Crippen molar-refractivity contribution in [1.82, 2.24) is 35.5 Å². The molecule has 0 fully saturated rings. The average Bonchev–Trinajstić information content (AvgIpc) is 3.10. The Morgan fingerprint density at radius 2 is 1.89 bits per heavy atom. The Bertz CT molecular complexity index is 879. The lowest BCUT2D eigenvalue weighted by atomic mass is 10.3. The molecule has 0 atom stereocenters. The van der Waals surface area contributed by atoms with Gasteiger partial charge in [-0.1, -0.05) is 30.0 Å². The Kier molecular flexibility index (Phi) is 6.31. The summed E-state index contributed by atoms with van der Waals surface area (Å²) in [6.45, 7) is 4.24. The minimum atomic E-state index is -0.320. The molecule has 0 saturated heterocycles. The number of urea groups is 1. The predicted octanol–water partition coefficient (Wildman–Crippen LogP) is 2.37. The lowest BCUT2D eigenvalue weighted by molar-refractivity contribution is 0.252. The molecule has 2 aromatic heterocycles. The molecule has 2 heterocycles. The van der Waals surface area contributed by atoms with Gasteiger partial charge in [-0.05, 0) is 48.9 Å². The van der Waals surface area contributed by atoms with E-state index in [0.29, 0.717) is 17.6 Å². The van der Waals surface area contributed by atoms with E-state index in [0.717, 1.165) is 29.2 Å². The quantitative estimate of drug-likeness (QED) is 0.475. The summed E-state index contributed by atoms with van der Waals surface area (Å²) < 4.78 is 1.70. The van der Waals surface area contributed by atoms with Gasteiger partial charge in [0.2, 0.25) is 11.1 Å². The molecular formula is C17H20N8OS. The first kappa shape index (κ1) is 18.8. The molecule has 3 aromatic rings. The first-order chi connectivity index (χ1) is 13.1. The second kappa shape index (κ2) is 9.08. The third-order valence-corrected chi connectivity index (χ3v) is 4.49. The number of rotatable bonds is 7. The highest BCUT2D eigenvalue weighted by Crippen LogP contribution is 2.18. The molecule has 1 aromatic carbocycles. The Morgan fingerprint density at radius 3 is 2.63 bits per heavy atom. The van der Waals surface area contributed by atoms with E-state index in [9.17, 15) is 4.79 Å². The van der Waals surface area contributed by atoms with Crippen LogP contribution in [-0.2, 0) is 0 Å². The summed E-state index contributed by atoms with van der Waals surface area (Å²) in [5.41, 5.74) is 2.53. The number of para-hydroxylation sites is 1. The second-order valence-corrected chi connectivity index (χ2v) is 6.83. The number of hydrogen-bond donors (Lipinski definition) is 2. The van der Waals surface area contributed by atoms with Crippen LogP contribution >= 0.6 is 11.8 Å². The summed E-state index contributed by atoms with van der Waals surface area (Å²) in [6, 6.07) is 11.2. The van der Waals surface area contributed by atoms with E-state index in [1.165, 1.54) is 11.8 Å². The van der Waals surface area contributed by atoms with E-state index in [1.807, 2.05) is 50.2 Å². The van der Waals surface area contributed by atoms with Gasteiger partial charge in [0.05, 0.1) is 5.69 Å². The number of aryl methyl sites for hydroxylation is 2. The third kappa shape index (κ3) is 5.48. The van der Waals surface area contributed by atoms with Crippen molar-refractivity contribution < 1.29 is 4.79 Å². The molecule has 2 amide bonds. The van der Waals surface area contributed by atoms with E-state index in [-0.39, 0.29) is 6.03 Å². The van der Waals surface area contributed by atoms with Gasteiger partial charge in [-0.3, -0.25) is 5.32 Å². The summed E-state index contributed by atoms with van der Waals surface area (Å²) in [5, 5.41) is 18.0. The monoisotopic (exact) mass is 384 g/mol. The van der Waals surface area contributed by atoms with Crippen LogP contribution in [0.15, 0.2) is 41.6 Å². The van der Waals surface area contributed by atoms with Crippen LogP contribution in [0.4, 0.5) is 10.7 Å². The number of benzene rings is 1. The molecule has 0 aliphatic heterocycles. The van der Waals surface area contributed by atoms with Gasteiger partial charge in [0, 0.05) is 23.7 Å². The predicted molar refractivity (Wildman–Crippen MR) is 103 cm³/mol. The number of tetrazole rings is 1. The number of amides is 2. The summed E-state index contributed by atoms with van der Waals surface area (Å²) in [4.78, 5) is 20.3. The molecule has 0 aliphatic rings. The number of aromatic nitrogens is 6. The van der Waals surface area contributed by atoms with Crippen LogP contribution in [0.3, 0.4) is 0 Å². The first-order valence-corrected chi connectivity index (χ1v) is 9.44. The summed E-state index contributed by atoms with van der Waals surface area (Å²) in [5.74, 6) is 1.08. The Hall–Kier alpha value is -3.01. The maximum absolute atomic E-state index is 11.9. The van der Waals surface area contributed by atoms with Crippen molar-refractivity contribution >= 4 is 23.7 Å². The SMILES string of the molecule is Cc1cc(C)nc(NC(=O)NCCCSc2nnnn2-c2ccccc2)n1. The number of nitrogens with one attached hydrogen (secondary N) is 2. The van der Waals surface area contributed by atoms with E-state index >= 15 is 0 Å². The van der Waals surface area contributed by atoms with Gasteiger partial charge in [-0.2, -0.15) is 4.68 Å². The number of nitrogens with zero attached hydrogens (tertiary/aromatic N) is 6. The summed E-state index contributed by atoms with van der Waals surface area (Å²) >= 11 is 1.54. The third-order valence-electron chi connectivity index (χ3n) is 3.49. The molecule has 0 aliphatic carbocycles. The fourth-order valence-electron chi connectivity index (χ4n) is 2.37. The fraction of sp³-hybridized carbons (Fsp3) is 0.294. The molecule has 0 unspecified atom stereocenters. The highest BCUT2D eigenvalue weighted by atomic mass is 32.2. The Balaban J connectivity index is 1.41. The highest BCUT2D eigenvalue weighted by molar-refractivity contribution is 7.99. The smallest absolute Gasteiger partial charge is 0.321 e. The van der Waals surface area contributed by atoms with Crippen molar-refractivity contribution in [3.63, 3.8) is 0 Å². The molecule has 0 saturated carbocycles. The molecule has 140 valence electrons. The van der Waals surface area contributed by atoms with Crippen LogP contribution in [0.2, 0.25) is 0 Å². The van der Waals surface area contributed by atoms with Crippen molar-refractivity contribution in [1.29, 1.82) is 0 Å². The van der Waals surface area contributed by atoms with Gasteiger partial charge in [0.1, 0.15) is 0 Å². The van der Waals surface area contributed by atoms with Gasteiger partial charge in [0.15, 0.2) is 0 Å². The minimum Gasteiger partial charge on any atom is -0.338 e. The first-order valence-electron chi connectivity index (χ1n) is 8.45. The van der Waals surface area contributed by atoms with E-state index in [1.54, 1.807) is 4.68 Å². The molecule has 0 spiro atoms. The van der Waals surface area contributed by atoms with Gasteiger partial charge in [-0.15, -0.1) is 5.10 Å². The van der Waals surface area contributed by atoms with Crippen LogP contribution < -0.4 is 10.6 Å². The van der Waals surface area contributed by atoms with E-state index in [2.05, 4.69) is 36.1 Å². The van der Waals surface area contributed by atoms with Crippen molar-refractivity contribution in [2.24, 2.45) is 0 Å². The van der Waals surface area contributed by atoms with Crippen molar-refractivity contribution in [2.75, 3.05) is 17.6 Å². The molecule has 0 bridgehead atoms. The Labute approximate surface area is 161 Å². The normalized spacial score (nSPS) is 10.6. The largest absolute Gasteiger partial charge is 0.338 e. The van der Waals surface area contributed by atoms with Gasteiger partial charge < -0.3 is 5.32 Å².